The van der Waals surface area contributed by atoms with Crippen LogP contribution in [0, 0.1) is 13.0 Å². The molecule has 0 atom stereocenters. The van der Waals surface area contributed by atoms with E-state index in [4.69, 9.17) is 9.97 Å². The number of benzene rings is 5. The van der Waals surface area contributed by atoms with Gasteiger partial charge >= 0.3 is 0 Å². The number of para-hydroxylation sites is 3. The predicted octanol–water partition coefficient (Wildman–Crippen LogP) is 13.1. The normalized spacial score (nSPS) is 11.6. The number of nitrogens with zero attached hydrogens (tertiary/aromatic N) is 3. The van der Waals surface area contributed by atoms with Crippen LogP contribution in [-0.2, 0) is 26.5 Å². The summed E-state index contributed by atoms with van der Waals surface area (Å²) < 4.78 is 3.70. The zero-order valence-corrected chi connectivity index (χ0v) is 34.0. The van der Waals surface area contributed by atoms with Crippen LogP contribution in [0.25, 0.3) is 82.8 Å². The number of fused-ring (bicyclic) bond motifs is 3. The number of aryl methyl sites for hydroxylation is 1. The van der Waals surface area contributed by atoms with Gasteiger partial charge in [-0.2, -0.15) is 0 Å². The van der Waals surface area contributed by atoms with E-state index in [1.807, 2.05) is 47.9 Å². The summed E-state index contributed by atoms with van der Waals surface area (Å²) in [5.41, 5.74) is 13.8. The number of hydrogen-bond donors (Lipinski definition) is 1. The molecule has 0 radical (unpaired) electrons. The van der Waals surface area contributed by atoms with Crippen molar-refractivity contribution >= 4 is 32.5 Å². The molecule has 0 saturated carbocycles. The van der Waals surface area contributed by atoms with Crippen LogP contribution in [-0.4, -0.2) is 19.6 Å². The number of hydrogen-bond acceptors (Lipinski definition) is 4. The summed E-state index contributed by atoms with van der Waals surface area (Å²) in [4.78, 5) is 11.2. The minimum absolute atomic E-state index is 0. The third kappa shape index (κ3) is 6.73. The predicted molar refractivity (Wildman–Crippen MR) is 225 cm³/mol. The van der Waals surface area contributed by atoms with Crippen molar-refractivity contribution in [1.29, 1.82) is 0 Å². The molecule has 4 aromatic heterocycles. The van der Waals surface area contributed by atoms with Gasteiger partial charge in [0.05, 0.1) is 21.4 Å². The van der Waals surface area contributed by atoms with Gasteiger partial charge < -0.3 is 9.67 Å². The first-order valence-electron chi connectivity index (χ1n) is 18.2. The summed E-state index contributed by atoms with van der Waals surface area (Å²) in [6.45, 7) is 8.82. The van der Waals surface area contributed by atoms with E-state index in [9.17, 15) is 5.11 Å². The Kier molecular flexibility index (Phi) is 9.63. The van der Waals surface area contributed by atoms with Gasteiger partial charge in [-0.15, -0.1) is 35.6 Å². The Labute approximate surface area is 340 Å². The summed E-state index contributed by atoms with van der Waals surface area (Å²) in [6, 6.07) is 53.9. The average molecular weight is 912 g/mol. The summed E-state index contributed by atoms with van der Waals surface area (Å²) in [7, 11) is 0. The fraction of sp³-hybridized carbons (Fsp3) is 0.102. The van der Waals surface area contributed by atoms with Gasteiger partial charge in [-0.1, -0.05) is 117 Å². The third-order valence-corrected chi connectivity index (χ3v) is 11.2. The summed E-state index contributed by atoms with van der Waals surface area (Å²) in [6.07, 6.45) is 1.88. The van der Waals surface area contributed by atoms with Gasteiger partial charge in [-0.3, -0.25) is 9.97 Å². The second-order valence-corrected chi connectivity index (χ2v) is 16.0. The van der Waals surface area contributed by atoms with E-state index in [-0.39, 0.29) is 32.2 Å². The Morgan fingerprint density at radius 2 is 1.29 bits per heavy atom. The average Bonchev–Trinajstić information content (AvgIpc) is 3.72. The Morgan fingerprint density at radius 1 is 0.636 bits per heavy atom. The fourth-order valence-electron chi connectivity index (χ4n) is 7.44. The quantitative estimate of drug-likeness (QED) is 0.169. The van der Waals surface area contributed by atoms with Crippen molar-refractivity contribution < 1.29 is 26.2 Å². The van der Waals surface area contributed by atoms with Crippen LogP contribution in [0.4, 0.5) is 0 Å². The van der Waals surface area contributed by atoms with Crippen molar-refractivity contribution in [3.63, 3.8) is 0 Å². The van der Waals surface area contributed by atoms with Crippen LogP contribution in [0.15, 0.2) is 152 Å². The summed E-state index contributed by atoms with van der Waals surface area (Å²) >= 11 is 1.84. The number of rotatable bonds is 6. The molecule has 4 nitrogen and oxygen atoms in total. The fourth-order valence-corrected chi connectivity index (χ4v) is 8.47. The minimum atomic E-state index is -0.00713. The van der Waals surface area contributed by atoms with Gasteiger partial charge in [-0.25, -0.2) is 0 Å². The maximum Gasteiger partial charge on any atom is 0.124 e. The molecule has 0 aliphatic rings. The Morgan fingerprint density at radius 3 is 2.05 bits per heavy atom. The van der Waals surface area contributed by atoms with Gasteiger partial charge in [0.1, 0.15) is 5.75 Å². The largest absolute Gasteiger partial charge is 0.507 e. The van der Waals surface area contributed by atoms with Crippen molar-refractivity contribution in [1.82, 2.24) is 14.5 Å². The molecular weight excluding hydrogens is 874 g/mol. The molecule has 1 N–H and O–H groups in total. The molecule has 4 heterocycles. The number of phenolic OH excluding ortho intramolecular Hbond substituents is 1. The molecule has 9 aromatic rings. The molecule has 55 heavy (non-hydrogen) atoms. The van der Waals surface area contributed by atoms with Crippen LogP contribution >= 0.6 is 11.3 Å². The van der Waals surface area contributed by atoms with E-state index < -0.39 is 0 Å². The standard InChI is InChI=1S/C49H38N3OS.Pt/c1-31-26-45-48(54-31)41-22-13-21-39(47(41)52(45)36-16-6-5-7-17-36)38-19-9-8-18-37(38)34-28-43(51-44(29-34)40-20-10-11-23-46(40)53)33-15-12-14-32(27-33)42-30-35(24-25-50-42)49(2,3)4;/h5-26,28-30,53H,1-4H3;/q-1;. The molecule has 0 fully saturated rings. The van der Waals surface area contributed by atoms with Gasteiger partial charge in [0, 0.05) is 65.7 Å². The van der Waals surface area contributed by atoms with Crippen molar-refractivity contribution in [2.45, 2.75) is 33.1 Å². The van der Waals surface area contributed by atoms with E-state index in [2.05, 4.69) is 148 Å². The maximum atomic E-state index is 11.1. The molecule has 0 aliphatic carbocycles. The number of thiophene rings is 1. The zero-order chi connectivity index (χ0) is 37.0. The van der Waals surface area contributed by atoms with Gasteiger partial charge in [0.15, 0.2) is 0 Å². The topological polar surface area (TPSA) is 50.9 Å². The van der Waals surface area contributed by atoms with E-state index in [1.165, 1.54) is 31.6 Å². The first kappa shape index (κ1) is 36.4. The summed E-state index contributed by atoms with van der Waals surface area (Å²) in [5, 5.41) is 12.3. The molecule has 9 rings (SSSR count). The molecule has 0 amide bonds. The number of aromatic hydroxyl groups is 1. The zero-order valence-electron chi connectivity index (χ0n) is 30.9. The van der Waals surface area contributed by atoms with Crippen LogP contribution in [0.2, 0.25) is 0 Å². The second-order valence-electron chi connectivity index (χ2n) is 14.8. The molecule has 5 aromatic carbocycles. The molecular formula is C49H38N3OPtS-. The van der Waals surface area contributed by atoms with Crippen LogP contribution in [0.5, 0.6) is 5.75 Å². The maximum absolute atomic E-state index is 11.1. The van der Waals surface area contributed by atoms with Crippen molar-refractivity contribution in [2.75, 3.05) is 0 Å². The van der Waals surface area contributed by atoms with Gasteiger partial charge in [-0.05, 0) is 77.1 Å². The SMILES string of the molecule is Cc1cc2c(s1)c1cccc(-c3ccccc3-c3cc(-c4[c-]c(-c5cc(C(C)(C)C)ccn5)ccc4)nc(-c4ccccc4O)c3)c1n2-c1ccccc1.[Pt]. The van der Waals surface area contributed by atoms with Crippen molar-refractivity contribution in [3.05, 3.63) is 168 Å². The third-order valence-electron chi connectivity index (χ3n) is 10.1. The number of pyridine rings is 2. The smallest absolute Gasteiger partial charge is 0.124 e. The summed E-state index contributed by atoms with van der Waals surface area (Å²) in [5.74, 6) is 0.183. The van der Waals surface area contributed by atoms with Gasteiger partial charge in [0.2, 0.25) is 0 Å². The van der Waals surface area contributed by atoms with Crippen LogP contribution in [0.3, 0.4) is 0 Å². The molecule has 0 unspecified atom stereocenters. The molecule has 0 aliphatic heterocycles. The molecule has 0 spiro atoms. The van der Waals surface area contributed by atoms with E-state index in [1.54, 1.807) is 6.07 Å². The molecule has 6 heteroatoms. The van der Waals surface area contributed by atoms with Gasteiger partial charge in [0.25, 0.3) is 0 Å². The number of aromatic nitrogens is 3. The molecule has 272 valence electrons. The first-order valence-corrected chi connectivity index (χ1v) is 19.0. The number of phenols is 1. The minimum Gasteiger partial charge on any atom is -0.507 e. The van der Waals surface area contributed by atoms with Crippen LogP contribution < -0.4 is 0 Å². The monoisotopic (exact) mass is 911 g/mol. The Bertz CT molecular complexity index is 2850. The molecule has 0 bridgehead atoms. The van der Waals surface area contributed by atoms with Crippen molar-refractivity contribution in [2.24, 2.45) is 0 Å². The Hall–Kier alpha value is -5.61. The molecule has 0 saturated heterocycles. The first-order chi connectivity index (χ1) is 26.2. The van der Waals surface area contributed by atoms with Crippen molar-refractivity contribution in [3.8, 4) is 67.5 Å². The van der Waals surface area contributed by atoms with E-state index >= 15 is 0 Å². The van der Waals surface area contributed by atoms with Crippen LogP contribution in [0.1, 0.15) is 31.2 Å². The Balaban J connectivity index is 0.00000427. The van der Waals surface area contributed by atoms with E-state index in [0.717, 1.165) is 50.5 Å². The van der Waals surface area contributed by atoms with E-state index in [0.29, 0.717) is 11.3 Å². The second kappa shape index (κ2) is 14.6.